The maximum absolute atomic E-state index is 14.6. The van der Waals surface area contributed by atoms with Gasteiger partial charge in [-0.25, -0.2) is 23.3 Å². The number of aromatic nitrogens is 2. The molecule has 0 radical (unpaired) electrons. The second-order valence-corrected chi connectivity index (χ2v) is 16.4. The molecule has 8 rings (SSSR count). The number of H-pyrrole nitrogens is 1. The number of nitrogens with one attached hydrogen (secondary N) is 2. The molecule has 0 spiro atoms. The summed E-state index contributed by atoms with van der Waals surface area (Å²) in [6, 6.07) is 9.80. The first-order valence-electron chi connectivity index (χ1n) is 18.9. The van der Waals surface area contributed by atoms with Gasteiger partial charge in [-0.05, 0) is 109 Å². The van der Waals surface area contributed by atoms with Crippen LogP contribution in [0, 0.1) is 40.3 Å². The first-order valence-corrected chi connectivity index (χ1v) is 18.9. The lowest BCUT2D eigenvalue weighted by molar-refractivity contribution is -0.170. The molecule has 278 valence electrons. The molecular formula is C40H49F3N6O3. The van der Waals surface area contributed by atoms with E-state index in [0.29, 0.717) is 65.7 Å². The number of nitrogens with zero attached hydrogens (tertiary/aromatic N) is 3. The topological polar surface area (TPSA) is 127 Å². The third-order valence-electron chi connectivity index (χ3n) is 14.0. The van der Waals surface area contributed by atoms with Crippen molar-refractivity contribution in [3.05, 3.63) is 63.8 Å². The molecule has 0 amide bonds. The van der Waals surface area contributed by atoms with E-state index in [4.69, 9.17) is 15.2 Å². The molecule has 5 aliphatic rings. The van der Waals surface area contributed by atoms with Crippen molar-refractivity contribution in [3.8, 4) is 5.75 Å². The number of halogens is 3. The number of rotatable bonds is 7. The van der Waals surface area contributed by atoms with Gasteiger partial charge in [0.05, 0.1) is 42.1 Å². The van der Waals surface area contributed by atoms with Crippen LogP contribution in [-0.4, -0.2) is 54.7 Å². The summed E-state index contributed by atoms with van der Waals surface area (Å²) < 4.78 is 56.1. The van der Waals surface area contributed by atoms with Gasteiger partial charge in [-0.3, -0.25) is 9.79 Å². The van der Waals surface area contributed by atoms with Gasteiger partial charge in [0.15, 0.2) is 0 Å². The predicted octanol–water partition coefficient (Wildman–Crippen LogP) is 7.77. The largest absolute Gasteiger partial charge is 0.491 e. The fraction of sp³-hybridized carbons (Fsp3) is 0.600. The summed E-state index contributed by atoms with van der Waals surface area (Å²) >= 11 is 0. The van der Waals surface area contributed by atoms with Gasteiger partial charge in [-0.15, -0.1) is 0 Å². The van der Waals surface area contributed by atoms with E-state index >= 15 is 0 Å². The molecule has 1 aliphatic heterocycles. The van der Waals surface area contributed by atoms with Gasteiger partial charge < -0.3 is 20.5 Å². The van der Waals surface area contributed by atoms with Crippen LogP contribution in [0.25, 0.3) is 10.8 Å². The fourth-order valence-electron chi connectivity index (χ4n) is 11.5. The fourth-order valence-corrected chi connectivity index (χ4v) is 11.5. The van der Waals surface area contributed by atoms with Crippen LogP contribution in [0.4, 0.5) is 18.9 Å². The van der Waals surface area contributed by atoms with E-state index in [1.807, 2.05) is 24.3 Å². The Hall–Kier alpha value is -3.93. The average molecular weight is 719 g/mol. The molecule has 0 bridgehead atoms. The Morgan fingerprint density at radius 3 is 2.58 bits per heavy atom. The number of hydrogen-bond acceptors (Lipinski definition) is 6. The molecule has 4 aliphatic carbocycles. The van der Waals surface area contributed by atoms with E-state index in [2.05, 4.69) is 39.3 Å². The van der Waals surface area contributed by atoms with Crippen molar-refractivity contribution in [2.75, 3.05) is 25.6 Å². The molecule has 9 nitrogen and oxygen atoms in total. The monoisotopic (exact) mass is 718 g/mol. The highest BCUT2D eigenvalue weighted by atomic mass is 19.3. The SMILES string of the molecule is CN=C(N=CN)C1c2n[nH]c(=O)c3cc(F)cc(c23)NC1c1ccc(OCCO[C@H]2CC[C@H]3[C@@H]4CC[C@H]5CC(F)(F)CC[C@]5(C)[C@H]4CC[C@]23C)cc1. The van der Waals surface area contributed by atoms with E-state index in [9.17, 15) is 18.0 Å². The lowest BCUT2D eigenvalue weighted by atomic mass is 9.45. The van der Waals surface area contributed by atoms with E-state index in [0.717, 1.165) is 44.1 Å². The number of fused-ring (bicyclic) bond motifs is 5. The average Bonchev–Trinajstić information content (AvgIpc) is 3.46. The summed E-state index contributed by atoms with van der Waals surface area (Å²) in [4.78, 5) is 21.3. The van der Waals surface area contributed by atoms with Gasteiger partial charge in [-0.2, -0.15) is 5.10 Å². The molecule has 12 heteroatoms. The molecule has 1 aromatic heterocycles. The molecule has 4 fully saturated rings. The minimum absolute atomic E-state index is 0.0418. The minimum Gasteiger partial charge on any atom is -0.491 e. The highest BCUT2D eigenvalue weighted by Gasteiger charge is 2.62. The predicted molar refractivity (Wildman–Crippen MR) is 196 cm³/mol. The maximum Gasteiger partial charge on any atom is 0.272 e. The van der Waals surface area contributed by atoms with Crippen molar-refractivity contribution < 1.29 is 22.6 Å². The van der Waals surface area contributed by atoms with Crippen LogP contribution in [0.3, 0.4) is 0 Å². The zero-order chi connectivity index (χ0) is 36.4. The van der Waals surface area contributed by atoms with Gasteiger partial charge in [0, 0.05) is 31.0 Å². The quantitative estimate of drug-likeness (QED) is 0.130. The Morgan fingerprint density at radius 2 is 1.81 bits per heavy atom. The van der Waals surface area contributed by atoms with Crippen molar-refractivity contribution in [2.45, 2.75) is 95.6 Å². The number of benzene rings is 2. The van der Waals surface area contributed by atoms with Gasteiger partial charge in [0.25, 0.3) is 5.56 Å². The Balaban J connectivity index is 0.916. The maximum atomic E-state index is 14.6. The summed E-state index contributed by atoms with van der Waals surface area (Å²) in [5.74, 6) is -0.570. The third-order valence-corrected chi connectivity index (χ3v) is 14.0. The first kappa shape index (κ1) is 35.1. The standard InChI is InChI=1S/C40H49F3N6O3/c1-38-14-15-40(42,43)20-23(38)6-9-26-28-10-11-31(39(28,2)13-12-29(26)38)52-17-16-51-25-7-4-22(5-8-25)34-33(36(45-3)46-21-44)35-32-27(37(50)49-48-35)18-24(41)19-30(32)47-34/h4-5,7-8,18-19,21,23,26,28-29,31,33-34,47H,6,9-17,20H2,1-3H3,(H,49,50)(H2,44,45,46)/t23-,26-,28-,29-,31-,33?,34?,38-,39-/m0/s1. The summed E-state index contributed by atoms with van der Waals surface area (Å²) in [6.07, 6.45) is 8.53. The summed E-state index contributed by atoms with van der Waals surface area (Å²) in [6.45, 7) is 5.63. The van der Waals surface area contributed by atoms with Crippen LogP contribution in [0.1, 0.15) is 94.9 Å². The second-order valence-electron chi connectivity index (χ2n) is 16.4. The molecule has 2 unspecified atom stereocenters. The van der Waals surface area contributed by atoms with E-state index in [1.165, 1.54) is 18.5 Å². The number of aromatic amines is 1. The zero-order valence-electron chi connectivity index (χ0n) is 30.1. The molecule has 4 N–H and O–H groups in total. The van der Waals surface area contributed by atoms with Crippen molar-refractivity contribution in [3.63, 3.8) is 0 Å². The molecule has 2 aromatic carbocycles. The number of ether oxygens (including phenoxy) is 2. The van der Waals surface area contributed by atoms with Gasteiger partial charge in [-0.1, -0.05) is 26.0 Å². The van der Waals surface area contributed by atoms with Crippen molar-refractivity contribution in [2.24, 2.45) is 50.2 Å². The van der Waals surface area contributed by atoms with Crippen molar-refractivity contribution in [1.29, 1.82) is 0 Å². The summed E-state index contributed by atoms with van der Waals surface area (Å²) in [7, 11) is 1.62. The molecule has 0 saturated heterocycles. The Morgan fingerprint density at radius 1 is 1.02 bits per heavy atom. The number of alkyl halides is 2. The van der Waals surface area contributed by atoms with Crippen LogP contribution in [0.5, 0.6) is 5.75 Å². The van der Waals surface area contributed by atoms with Gasteiger partial charge in [0.1, 0.15) is 24.0 Å². The molecule has 2 heterocycles. The smallest absolute Gasteiger partial charge is 0.272 e. The Kier molecular flexibility index (Phi) is 8.90. The number of anilines is 1. The Bertz CT molecular complexity index is 1950. The van der Waals surface area contributed by atoms with Crippen LogP contribution in [0.15, 0.2) is 51.2 Å². The van der Waals surface area contributed by atoms with Crippen LogP contribution < -0.4 is 21.3 Å². The minimum atomic E-state index is -2.49. The van der Waals surface area contributed by atoms with Crippen LogP contribution in [-0.2, 0) is 4.74 Å². The zero-order valence-corrected chi connectivity index (χ0v) is 30.1. The second kappa shape index (κ2) is 13.2. The number of amidine groups is 1. The van der Waals surface area contributed by atoms with Crippen LogP contribution in [0.2, 0.25) is 0 Å². The lowest BCUT2D eigenvalue weighted by Crippen LogP contribution is -2.55. The highest BCUT2D eigenvalue weighted by Crippen LogP contribution is 2.67. The number of nitrogens with two attached hydrogens (primary N) is 1. The third kappa shape index (κ3) is 5.80. The number of aliphatic imine (C=N–C) groups is 2. The Labute approximate surface area is 302 Å². The van der Waals surface area contributed by atoms with Gasteiger partial charge >= 0.3 is 0 Å². The van der Waals surface area contributed by atoms with E-state index in [-0.39, 0.29) is 41.1 Å². The normalized spacial score (nSPS) is 35.1. The molecule has 9 atom stereocenters. The van der Waals surface area contributed by atoms with E-state index < -0.39 is 29.3 Å². The summed E-state index contributed by atoms with van der Waals surface area (Å²) in [5.41, 5.74) is 7.20. The van der Waals surface area contributed by atoms with E-state index in [1.54, 1.807) is 7.05 Å². The van der Waals surface area contributed by atoms with Crippen LogP contribution >= 0.6 is 0 Å². The molecular weight excluding hydrogens is 669 g/mol. The lowest BCUT2D eigenvalue weighted by Gasteiger charge is -2.61. The number of hydrogen-bond donors (Lipinski definition) is 3. The van der Waals surface area contributed by atoms with Crippen molar-refractivity contribution >= 4 is 28.6 Å². The first-order chi connectivity index (χ1) is 25.0. The molecule has 52 heavy (non-hydrogen) atoms. The summed E-state index contributed by atoms with van der Waals surface area (Å²) in [5, 5.41) is 11.0. The van der Waals surface area contributed by atoms with Gasteiger partial charge in [0.2, 0.25) is 5.92 Å². The van der Waals surface area contributed by atoms with Crippen molar-refractivity contribution in [1.82, 2.24) is 10.2 Å². The highest BCUT2D eigenvalue weighted by molar-refractivity contribution is 6.04. The molecule has 4 saturated carbocycles. The molecule has 3 aromatic rings.